The van der Waals surface area contributed by atoms with Crippen molar-refractivity contribution in [2.24, 2.45) is 0 Å². The second kappa shape index (κ2) is 5.22. The Morgan fingerprint density at radius 1 is 0.957 bits per heavy atom. The number of hydrogen-bond acceptors (Lipinski definition) is 3. The molecule has 0 aliphatic heterocycles. The van der Waals surface area contributed by atoms with Crippen LogP contribution in [-0.2, 0) is 4.57 Å². The van der Waals surface area contributed by atoms with E-state index in [4.69, 9.17) is 11.5 Å². The first kappa shape index (κ1) is 14.0. The van der Waals surface area contributed by atoms with Crippen LogP contribution in [0.1, 0.15) is 16.8 Å². The van der Waals surface area contributed by atoms with Crippen LogP contribution in [0.5, 0.6) is 0 Å². The number of anilines is 2. The van der Waals surface area contributed by atoms with Crippen molar-refractivity contribution in [3.8, 4) is 0 Å². The maximum Gasteiger partial charge on any atom is 0.391 e. The predicted octanol–water partition coefficient (Wildman–Crippen LogP) is 4.23. The minimum absolute atomic E-state index is 0.187. The van der Waals surface area contributed by atoms with E-state index in [1.54, 1.807) is 18.2 Å². The van der Waals surface area contributed by atoms with E-state index in [-0.39, 0.29) is 5.66 Å². The Labute approximate surface area is 135 Å². The van der Waals surface area contributed by atoms with Gasteiger partial charge in [-0.05, 0) is 34.5 Å². The smallest absolute Gasteiger partial charge is 0.391 e. The van der Waals surface area contributed by atoms with Crippen LogP contribution in [0.25, 0.3) is 16.8 Å². The summed E-state index contributed by atoms with van der Waals surface area (Å²) >= 11 is 0. The van der Waals surface area contributed by atoms with Crippen LogP contribution in [0.2, 0.25) is 0 Å². The summed E-state index contributed by atoms with van der Waals surface area (Å²) in [5, 5.41) is 2.97. The summed E-state index contributed by atoms with van der Waals surface area (Å²) in [6, 6.07) is 17.5. The highest BCUT2D eigenvalue weighted by Gasteiger charge is 2.36. The Kier molecular flexibility index (Phi) is 3.17. The molecule has 0 amide bonds. The Hall–Kier alpha value is -2.64. The molecule has 0 spiro atoms. The molecule has 3 nitrogen and oxygen atoms in total. The minimum Gasteiger partial charge on any atom is -0.399 e. The van der Waals surface area contributed by atoms with Gasteiger partial charge < -0.3 is 11.5 Å². The summed E-state index contributed by atoms with van der Waals surface area (Å²) in [5.41, 5.74) is 15.0. The van der Waals surface area contributed by atoms with Gasteiger partial charge in [0.1, 0.15) is 0 Å². The highest BCUT2D eigenvalue weighted by molar-refractivity contribution is 7.54. The fourth-order valence-electron chi connectivity index (χ4n) is 3.19. The van der Waals surface area contributed by atoms with Crippen molar-refractivity contribution in [1.82, 2.24) is 0 Å². The van der Waals surface area contributed by atoms with E-state index in [0.717, 1.165) is 5.56 Å². The molecule has 3 aromatic rings. The van der Waals surface area contributed by atoms with Crippen LogP contribution in [0.4, 0.5) is 11.4 Å². The molecule has 112 valence electrons. The van der Waals surface area contributed by atoms with Crippen LogP contribution in [0.15, 0.2) is 60.7 Å². The van der Waals surface area contributed by atoms with Gasteiger partial charge in [-0.25, -0.2) is 0 Å². The van der Waals surface area contributed by atoms with E-state index in [0.29, 0.717) is 16.7 Å². The second-order valence-corrected chi connectivity index (χ2v) is 7.43. The Balaban J connectivity index is 1.89. The van der Waals surface area contributed by atoms with Crippen molar-refractivity contribution < 1.29 is 4.57 Å². The van der Waals surface area contributed by atoms with E-state index >= 15 is 0 Å². The summed E-state index contributed by atoms with van der Waals surface area (Å²) in [4.78, 5) is 0. The molecule has 0 heterocycles. The average Bonchev–Trinajstić information content (AvgIpc) is 2.57. The molecule has 0 saturated carbocycles. The van der Waals surface area contributed by atoms with Crippen molar-refractivity contribution in [2.75, 3.05) is 11.5 Å². The van der Waals surface area contributed by atoms with Crippen molar-refractivity contribution in [3.63, 3.8) is 0 Å². The third kappa shape index (κ3) is 2.21. The van der Waals surface area contributed by atoms with Crippen molar-refractivity contribution >= 4 is 41.3 Å². The SMILES string of the molecule is Nc1ccc(N)c([P+](=O)C2C=Cc3cccc4cccc2c34)c1. The van der Waals surface area contributed by atoms with Gasteiger partial charge in [-0.1, -0.05) is 47.0 Å². The highest BCUT2D eigenvalue weighted by atomic mass is 31.1. The van der Waals surface area contributed by atoms with Crippen LogP contribution >= 0.6 is 7.80 Å². The van der Waals surface area contributed by atoms with Gasteiger partial charge in [0.15, 0.2) is 0 Å². The molecule has 2 unspecified atom stereocenters. The average molecular weight is 319 g/mol. The van der Waals surface area contributed by atoms with Gasteiger partial charge in [-0.2, -0.15) is 0 Å². The van der Waals surface area contributed by atoms with E-state index in [1.165, 1.54) is 16.3 Å². The van der Waals surface area contributed by atoms with Gasteiger partial charge >= 0.3 is 7.80 Å². The van der Waals surface area contributed by atoms with E-state index in [2.05, 4.69) is 30.3 Å². The largest absolute Gasteiger partial charge is 0.399 e. The Morgan fingerprint density at radius 3 is 2.57 bits per heavy atom. The highest BCUT2D eigenvalue weighted by Crippen LogP contribution is 2.48. The number of nitrogens with two attached hydrogens (primary N) is 2. The molecular weight excluding hydrogens is 303 g/mol. The lowest BCUT2D eigenvalue weighted by Crippen LogP contribution is -2.10. The van der Waals surface area contributed by atoms with Crippen LogP contribution in [0, 0.1) is 0 Å². The maximum atomic E-state index is 13.2. The molecule has 1 aliphatic carbocycles. The molecule has 0 fully saturated rings. The lowest BCUT2D eigenvalue weighted by Gasteiger charge is -2.15. The first-order chi connectivity index (χ1) is 11.1. The topological polar surface area (TPSA) is 69.1 Å². The van der Waals surface area contributed by atoms with Gasteiger partial charge in [0.25, 0.3) is 0 Å². The maximum absolute atomic E-state index is 13.2. The van der Waals surface area contributed by atoms with Crippen molar-refractivity contribution in [3.05, 3.63) is 71.8 Å². The van der Waals surface area contributed by atoms with Gasteiger partial charge in [0, 0.05) is 17.3 Å². The summed E-state index contributed by atoms with van der Waals surface area (Å²) in [6.07, 6.45) is 4.06. The molecular formula is C19H16N2OP+. The first-order valence-corrected chi connectivity index (χ1v) is 8.79. The van der Waals surface area contributed by atoms with E-state index < -0.39 is 7.80 Å². The number of rotatable bonds is 2. The van der Waals surface area contributed by atoms with Crippen molar-refractivity contribution in [2.45, 2.75) is 5.66 Å². The molecule has 2 atom stereocenters. The third-order valence-electron chi connectivity index (χ3n) is 4.29. The molecule has 4 rings (SSSR count). The Morgan fingerprint density at radius 2 is 1.74 bits per heavy atom. The molecule has 0 bridgehead atoms. The van der Waals surface area contributed by atoms with Crippen LogP contribution in [-0.4, -0.2) is 0 Å². The van der Waals surface area contributed by atoms with Gasteiger partial charge in [0.05, 0.1) is 5.69 Å². The lowest BCUT2D eigenvalue weighted by atomic mass is 9.93. The number of allylic oxidation sites excluding steroid dienone is 1. The quantitative estimate of drug-likeness (QED) is 0.549. The molecule has 4 N–H and O–H groups in total. The zero-order chi connectivity index (χ0) is 16.0. The molecule has 0 aromatic heterocycles. The lowest BCUT2D eigenvalue weighted by molar-refractivity contribution is 0.590. The van der Waals surface area contributed by atoms with Crippen LogP contribution < -0.4 is 16.8 Å². The van der Waals surface area contributed by atoms with E-state index in [1.807, 2.05) is 18.2 Å². The molecule has 3 aromatic carbocycles. The fraction of sp³-hybridized carbons (Fsp3) is 0.0526. The molecule has 0 radical (unpaired) electrons. The summed E-state index contributed by atoms with van der Waals surface area (Å²) in [7, 11) is -1.72. The molecule has 4 heteroatoms. The fourth-order valence-corrected chi connectivity index (χ4v) is 4.80. The monoisotopic (exact) mass is 319 g/mol. The Bertz CT molecular complexity index is 973. The first-order valence-electron chi connectivity index (χ1n) is 7.46. The van der Waals surface area contributed by atoms with Gasteiger partial charge in [-0.15, -0.1) is 0 Å². The summed E-state index contributed by atoms with van der Waals surface area (Å²) < 4.78 is 13.2. The van der Waals surface area contributed by atoms with Crippen molar-refractivity contribution in [1.29, 1.82) is 0 Å². The molecule has 0 saturated heterocycles. The minimum atomic E-state index is -1.72. The van der Waals surface area contributed by atoms with Gasteiger partial charge in [0.2, 0.25) is 11.0 Å². The zero-order valence-corrected chi connectivity index (χ0v) is 13.3. The van der Waals surface area contributed by atoms with E-state index in [9.17, 15) is 4.57 Å². The molecule has 23 heavy (non-hydrogen) atoms. The third-order valence-corrected chi connectivity index (χ3v) is 6.11. The van der Waals surface area contributed by atoms with Gasteiger partial charge in [-0.3, -0.25) is 0 Å². The summed E-state index contributed by atoms with van der Waals surface area (Å²) in [6.45, 7) is 0. The standard InChI is InChI=1S/C19H16N2OP/c20-14-8-9-16(21)18(11-14)23(22)17-10-7-13-4-1-3-12-5-2-6-15(17)19(12)13/h1-11,17H,20-21H2/q+1. The number of benzene rings is 3. The zero-order valence-electron chi connectivity index (χ0n) is 12.4. The summed E-state index contributed by atoms with van der Waals surface area (Å²) in [5.74, 6) is 0. The number of hydrogen-bond donors (Lipinski definition) is 2. The normalized spacial score (nSPS) is 16.5. The van der Waals surface area contributed by atoms with Crippen LogP contribution in [0.3, 0.4) is 0 Å². The number of nitrogen functional groups attached to an aromatic ring is 2. The predicted molar refractivity (Wildman–Crippen MR) is 98.2 cm³/mol. The molecule has 1 aliphatic rings. The second-order valence-electron chi connectivity index (χ2n) is 5.74.